The Morgan fingerprint density at radius 1 is 1.30 bits per heavy atom. The maximum Gasteiger partial charge on any atom is 0.416 e. The fourth-order valence-corrected chi connectivity index (χ4v) is 4.30. The monoisotopic (exact) mass is 397 g/mol. The summed E-state index contributed by atoms with van der Waals surface area (Å²) < 4.78 is 41.2. The summed E-state index contributed by atoms with van der Waals surface area (Å²) in [6.45, 7) is 6.65. The van der Waals surface area contributed by atoms with Crippen molar-refractivity contribution >= 4 is 23.4 Å². The molecule has 0 N–H and O–H groups in total. The smallest absolute Gasteiger partial charge is 0.311 e. The Kier molecular flexibility index (Phi) is 5.55. The molecular formula is C19H22F3N3OS. The molecule has 27 heavy (non-hydrogen) atoms. The maximum absolute atomic E-state index is 13.2. The zero-order valence-electron chi connectivity index (χ0n) is 15.5. The number of nitrogens with zero attached hydrogens (tertiary/aromatic N) is 3. The first-order chi connectivity index (χ1) is 12.6. The SMILES string of the molecule is Cc1cc(C)n(CCC(=O)N2CCC(C)Sc3ccc(C(F)(F)F)cc32)n1. The van der Waals surface area contributed by atoms with Gasteiger partial charge in [0.25, 0.3) is 0 Å². The molecule has 0 bridgehead atoms. The molecule has 1 amide bonds. The van der Waals surface area contributed by atoms with Crippen molar-refractivity contribution in [3.63, 3.8) is 0 Å². The molecule has 3 rings (SSSR count). The Hall–Kier alpha value is -1.96. The summed E-state index contributed by atoms with van der Waals surface area (Å²) >= 11 is 1.51. The van der Waals surface area contributed by atoms with Crippen LogP contribution in [0.4, 0.5) is 18.9 Å². The highest BCUT2D eigenvalue weighted by Gasteiger charge is 2.33. The fourth-order valence-electron chi connectivity index (χ4n) is 3.21. The number of anilines is 1. The molecule has 0 spiro atoms. The van der Waals surface area contributed by atoms with Gasteiger partial charge in [0.1, 0.15) is 0 Å². The number of aryl methyl sites for hydroxylation is 3. The predicted octanol–water partition coefficient (Wildman–Crippen LogP) is 4.83. The number of carbonyl (C=O) groups is 1. The van der Waals surface area contributed by atoms with Crippen molar-refractivity contribution in [2.75, 3.05) is 11.4 Å². The van der Waals surface area contributed by atoms with Crippen LogP contribution in [0.25, 0.3) is 0 Å². The number of hydrogen-bond acceptors (Lipinski definition) is 3. The van der Waals surface area contributed by atoms with E-state index in [1.54, 1.807) is 4.68 Å². The number of carbonyl (C=O) groups excluding carboxylic acids is 1. The van der Waals surface area contributed by atoms with Crippen LogP contribution in [0.1, 0.15) is 36.7 Å². The van der Waals surface area contributed by atoms with Crippen molar-refractivity contribution < 1.29 is 18.0 Å². The van der Waals surface area contributed by atoms with Gasteiger partial charge in [-0.1, -0.05) is 6.92 Å². The Bertz CT molecular complexity index is 847. The number of aromatic nitrogens is 2. The molecule has 2 aromatic rings. The van der Waals surface area contributed by atoms with E-state index in [1.807, 2.05) is 26.8 Å². The van der Waals surface area contributed by atoms with Crippen molar-refractivity contribution in [3.05, 3.63) is 41.2 Å². The van der Waals surface area contributed by atoms with Gasteiger partial charge in [-0.2, -0.15) is 18.3 Å². The van der Waals surface area contributed by atoms with E-state index in [4.69, 9.17) is 0 Å². The number of hydrogen-bond donors (Lipinski definition) is 0. The third kappa shape index (κ3) is 4.48. The van der Waals surface area contributed by atoms with Gasteiger partial charge in [0.15, 0.2) is 0 Å². The summed E-state index contributed by atoms with van der Waals surface area (Å²) in [5, 5.41) is 4.57. The first-order valence-electron chi connectivity index (χ1n) is 8.84. The highest BCUT2D eigenvalue weighted by atomic mass is 32.2. The van der Waals surface area contributed by atoms with Crippen molar-refractivity contribution in [3.8, 4) is 0 Å². The molecule has 0 saturated carbocycles. The average molecular weight is 397 g/mol. The van der Waals surface area contributed by atoms with E-state index in [0.29, 0.717) is 23.7 Å². The number of thioether (sulfide) groups is 1. The van der Waals surface area contributed by atoms with Gasteiger partial charge in [-0.15, -0.1) is 11.8 Å². The minimum Gasteiger partial charge on any atom is -0.311 e. The lowest BCUT2D eigenvalue weighted by Gasteiger charge is -2.24. The van der Waals surface area contributed by atoms with Crippen LogP contribution in [0.3, 0.4) is 0 Å². The van der Waals surface area contributed by atoms with Crippen molar-refractivity contribution in [1.82, 2.24) is 9.78 Å². The number of halogens is 3. The first kappa shape index (κ1) is 19.8. The molecule has 4 nitrogen and oxygen atoms in total. The normalized spacial score (nSPS) is 17.6. The molecule has 2 heterocycles. The van der Waals surface area contributed by atoms with Gasteiger partial charge in [-0.25, -0.2) is 0 Å². The largest absolute Gasteiger partial charge is 0.416 e. The Morgan fingerprint density at radius 2 is 2.04 bits per heavy atom. The number of benzene rings is 1. The number of rotatable bonds is 3. The topological polar surface area (TPSA) is 38.1 Å². The summed E-state index contributed by atoms with van der Waals surface area (Å²) in [7, 11) is 0. The van der Waals surface area contributed by atoms with Gasteiger partial charge in [-0.3, -0.25) is 9.48 Å². The highest BCUT2D eigenvalue weighted by molar-refractivity contribution is 8.00. The van der Waals surface area contributed by atoms with Gasteiger partial charge < -0.3 is 4.90 Å². The molecule has 0 aliphatic carbocycles. The van der Waals surface area contributed by atoms with Crippen LogP contribution in [-0.4, -0.2) is 27.5 Å². The molecule has 1 aromatic heterocycles. The third-order valence-corrected chi connectivity index (χ3v) is 5.84. The third-order valence-electron chi connectivity index (χ3n) is 4.61. The molecule has 0 fully saturated rings. The minimum atomic E-state index is -4.43. The molecule has 1 unspecified atom stereocenters. The second-order valence-electron chi connectivity index (χ2n) is 6.84. The quantitative estimate of drug-likeness (QED) is 0.745. The van der Waals surface area contributed by atoms with Crippen LogP contribution in [0.2, 0.25) is 0 Å². The van der Waals surface area contributed by atoms with E-state index in [9.17, 15) is 18.0 Å². The first-order valence-corrected chi connectivity index (χ1v) is 9.72. The van der Waals surface area contributed by atoms with Gasteiger partial charge in [-0.05, 0) is 44.5 Å². The van der Waals surface area contributed by atoms with Gasteiger partial charge in [0.2, 0.25) is 5.91 Å². The van der Waals surface area contributed by atoms with E-state index in [0.717, 1.165) is 29.9 Å². The lowest BCUT2D eigenvalue weighted by atomic mass is 10.1. The van der Waals surface area contributed by atoms with E-state index in [-0.39, 0.29) is 17.6 Å². The van der Waals surface area contributed by atoms with Gasteiger partial charge in [0.05, 0.1) is 16.9 Å². The maximum atomic E-state index is 13.2. The average Bonchev–Trinajstić information content (AvgIpc) is 2.80. The fraction of sp³-hybridized carbons (Fsp3) is 0.474. The molecule has 1 aromatic carbocycles. The zero-order chi connectivity index (χ0) is 19.8. The van der Waals surface area contributed by atoms with E-state index < -0.39 is 11.7 Å². The summed E-state index contributed by atoms with van der Waals surface area (Å²) in [5.74, 6) is -0.183. The number of alkyl halides is 3. The van der Waals surface area contributed by atoms with Crippen molar-refractivity contribution in [2.24, 2.45) is 0 Å². The lowest BCUT2D eigenvalue weighted by molar-refractivity contribution is -0.137. The Balaban J connectivity index is 1.86. The highest BCUT2D eigenvalue weighted by Crippen LogP contribution is 2.41. The predicted molar refractivity (Wildman–Crippen MR) is 100 cm³/mol. The summed E-state index contributed by atoms with van der Waals surface area (Å²) in [5.41, 5.74) is 1.46. The number of fused-ring (bicyclic) bond motifs is 1. The minimum absolute atomic E-state index is 0.183. The summed E-state index contributed by atoms with van der Waals surface area (Å²) in [6, 6.07) is 5.59. The van der Waals surface area contributed by atoms with Gasteiger partial charge in [0, 0.05) is 35.3 Å². The van der Waals surface area contributed by atoms with Crippen LogP contribution in [0.5, 0.6) is 0 Å². The zero-order valence-corrected chi connectivity index (χ0v) is 16.3. The molecule has 8 heteroatoms. The second-order valence-corrected chi connectivity index (χ2v) is 8.32. The van der Waals surface area contributed by atoms with Crippen molar-refractivity contribution in [1.29, 1.82) is 0 Å². The molecule has 1 atom stereocenters. The van der Waals surface area contributed by atoms with Crippen molar-refractivity contribution in [2.45, 2.75) is 56.5 Å². The second kappa shape index (κ2) is 7.58. The summed E-state index contributed by atoms with van der Waals surface area (Å²) in [6.07, 6.45) is -3.51. The molecule has 1 aliphatic heterocycles. The molecule has 0 radical (unpaired) electrons. The van der Waals surface area contributed by atoms with Crippen LogP contribution in [-0.2, 0) is 17.5 Å². The van der Waals surface area contributed by atoms with Gasteiger partial charge >= 0.3 is 6.18 Å². The lowest BCUT2D eigenvalue weighted by Crippen LogP contribution is -2.33. The summed E-state index contributed by atoms with van der Waals surface area (Å²) in [4.78, 5) is 15.1. The number of amides is 1. The Labute approximate surface area is 160 Å². The van der Waals surface area contributed by atoms with E-state index in [2.05, 4.69) is 5.10 Å². The molecule has 0 saturated heterocycles. The van der Waals surface area contributed by atoms with E-state index in [1.165, 1.54) is 22.7 Å². The molecule has 146 valence electrons. The van der Waals surface area contributed by atoms with Crippen LogP contribution in [0.15, 0.2) is 29.2 Å². The standard InChI is InChI=1S/C19H22F3N3OS/c1-12-10-13(2)25(23-12)9-7-18(26)24-8-6-14(3)27-17-5-4-15(11-16(17)24)19(20,21)22/h4-5,10-11,14H,6-9H2,1-3H3. The Morgan fingerprint density at radius 3 is 2.67 bits per heavy atom. The van der Waals surface area contributed by atoms with Crippen LogP contribution >= 0.6 is 11.8 Å². The molecule has 1 aliphatic rings. The van der Waals surface area contributed by atoms with E-state index >= 15 is 0 Å². The van der Waals surface area contributed by atoms with Crippen LogP contribution in [0, 0.1) is 13.8 Å². The van der Waals surface area contributed by atoms with Crippen LogP contribution < -0.4 is 4.90 Å². The molecular weight excluding hydrogens is 375 g/mol.